The zero-order valence-electron chi connectivity index (χ0n) is 12.8. The van der Waals surface area contributed by atoms with E-state index in [1.54, 1.807) is 0 Å². The van der Waals surface area contributed by atoms with Crippen molar-refractivity contribution in [3.63, 3.8) is 0 Å². The topological polar surface area (TPSA) is 16.1 Å². The van der Waals surface area contributed by atoms with Crippen LogP contribution in [0, 0.1) is 27.7 Å². The Hall–Kier alpha value is -1.35. The first-order valence-electron chi connectivity index (χ1n) is 6.79. The molecule has 1 aromatic carbocycles. The third kappa shape index (κ3) is 3.04. The summed E-state index contributed by atoms with van der Waals surface area (Å²) in [6.07, 6.45) is 1.85. The molecule has 0 unspecified atom stereocenters. The molecule has 20 heavy (non-hydrogen) atoms. The number of benzene rings is 1. The van der Waals surface area contributed by atoms with Crippen molar-refractivity contribution in [1.82, 2.24) is 4.98 Å². The fourth-order valence-corrected chi connectivity index (χ4v) is 2.89. The highest BCUT2D eigenvalue weighted by Crippen LogP contribution is 2.23. The van der Waals surface area contributed by atoms with Crippen LogP contribution in [0.25, 0.3) is 0 Å². The van der Waals surface area contributed by atoms with Gasteiger partial charge >= 0.3 is 0 Å². The first-order chi connectivity index (χ1) is 9.40. The molecule has 1 heterocycles. The third-order valence-electron chi connectivity index (χ3n) is 3.96. The zero-order chi connectivity index (χ0) is 14.9. The molecule has 2 rings (SSSR count). The quantitative estimate of drug-likeness (QED) is 0.808. The van der Waals surface area contributed by atoms with E-state index in [4.69, 9.17) is 0 Å². The van der Waals surface area contributed by atoms with Gasteiger partial charge < -0.3 is 4.90 Å². The summed E-state index contributed by atoms with van der Waals surface area (Å²) in [7, 11) is 2.10. The van der Waals surface area contributed by atoms with Gasteiger partial charge in [0, 0.05) is 24.3 Å². The number of aryl methyl sites for hydroxylation is 2. The summed E-state index contributed by atoms with van der Waals surface area (Å²) in [5, 5.41) is 0. The minimum absolute atomic E-state index is 0.877. The highest BCUT2D eigenvalue weighted by Gasteiger charge is 2.10. The molecule has 0 bridgehead atoms. The van der Waals surface area contributed by atoms with Gasteiger partial charge in [-0.1, -0.05) is 12.1 Å². The molecule has 0 aliphatic carbocycles. The third-order valence-corrected chi connectivity index (χ3v) is 4.39. The van der Waals surface area contributed by atoms with Crippen molar-refractivity contribution in [2.75, 3.05) is 11.9 Å². The number of aromatic nitrogens is 1. The predicted molar refractivity (Wildman–Crippen MR) is 89.4 cm³/mol. The van der Waals surface area contributed by atoms with E-state index in [-0.39, 0.29) is 0 Å². The molecule has 106 valence electrons. The molecule has 0 aliphatic heterocycles. The number of hydrogen-bond acceptors (Lipinski definition) is 2. The standard InChI is InChI=1S/C17H21BrN2/c1-11-6-7-15(14(4)13(11)3)10-20(5)17-12(2)8-16(18)9-19-17/h6-9H,10H2,1-5H3. The minimum Gasteiger partial charge on any atom is -0.355 e. The Labute approximate surface area is 130 Å². The first kappa shape index (κ1) is 15.0. The van der Waals surface area contributed by atoms with Gasteiger partial charge in [0.2, 0.25) is 0 Å². The maximum Gasteiger partial charge on any atom is 0.131 e. The second-order valence-corrected chi connectivity index (χ2v) is 6.36. The summed E-state index contributed by atoms with van der Waals surface area (Å²) in [5.74, 6) is 1.03. The summed E-state index contributed by atoms with van der Waals surface area (Å²) < 4.78 is 1.02. The van der Waals surface area contributed by atoms with Crippen molar-refractivity contribution in [2.24, 2.45) is 0 Å². The lowest BCUT2D eigenvalue weighted by Crippen LogP contribution is -2.19. The molecule has 0 saturated carbocycles. The SMILES string of the molecule is Cc1cc(Br)cnc1N(C)Cc1ccc(C)c(C)c1C. The van der Waals surface area contributed by atoms with Crippen LogP contribution in [0.1, 0.15) is 27.8 Å². The van der Waals surface area contributed by atoms with E-state index in [2.05, 4.69) is 78.8 Å². The van der Waals surface area contributed by atoms with Crippen molar-refractivity contribution >= 4 is 21.7 Å². The lowest BCUT2D eigenvalue weighted by Gasteiger charge is -2.22. The van der Waals surface area contributed by atoms with Gasteiger partial charge in [-0.3, -0.25) is 0 Å². The summed E-state index contributed by atoms with van der Waals surface area (Å²) >= 11 is 3.46. The fraction of sp³-hybridized carbons (Fsp3) is 0.353. The highest BCUT2D eigenvalue weighted by atomic mass is 79.9. The number of pyridine rings is 1. The lowest BCUT2D eigenvalue weighted by molar-refractivity contribution is 0.880. The Kier molecular flexibility index (Phi) is 4.48. The van der Waals surface area contributed by atoms with E-state index in [1.165, 1.54) is 27.8 Å². The van der Waals surface area contributed by atoms with Crippen molar-refractivity contribution in [2.45, 2.75) is 34.2 Å². The van der Waals surface area contributed by atoms with E-state index in [0.717, 1.165) is 16.8 Å². The molecule has 0 fully saturated rings. The van der Waals surface area contributed by atoms with Gasteiger partial charge in [-0.25, -0.2) is 4.98 Å². The number of rotatable bonds is 3. The Morgan fingerprint density at radius 1 is 1.05 bits per heavy atom. The Morgan fingerprint density at radius 3 is 2.40 bits per heavy atom. The molecule has 0 radical (unpaired) electrons. The zero-order valence-corrected chi connectivity index (χ0v) is 14.4. The van der Waals surface area contributed by atoms with E-state index >= 15 is 0 Å². The second kappa shape index (κ2) is 5.96. The van der Waals surface area contributed by atoms with Gasteiger partial charge in [0.1, 0.15) is 5.82 Å². The van der Waals surface area contributed by atoms with Crippen molar-refractivity contribution in [3.05, 3.63) is 56.7 Å². The molecular weight excluding hydrogens is 312 g/mol. The number of halogens is 1. The molecule has 0 atom stereocenters. The Bertz CT molecular complexity index is 635. The minimum atomic E-state index is 0.877. The lowest BCUT2D eigenvalue weighted by atomic mass is 9.98. The molecule has 0 amide bonds. The maximum atomic E-state index is 4.52. The molecule has 0 spiro atoms. The molecular formula is C17H21BrN2. The maximum absolute atomic E-state index is 4.52. The van der Waals surface area contributed by atoms with Gasteiger partial charge in [0.25, 0.3) is 0 Å². The largest absolute Gasteiger partial charge is 0.355 e. The van der Waals surface area contributed by atoms with Crippen LogP contribution in [0.3, 0.4) is 0 Å². The van der Waals surface area contributed by atoms with Gasteiger partial charge in [-0.05, 0) is 77.5 Å². The van der Waals surface area contributed by atoms with Crippen LogP contribution in [0.4, 0.5) is 5.82 Å². The number of nitrogens with zero attached hydrogens (tertiary/aromatic N) is 2. The molecule has 3 heteroatoms. The smallest absolute Gasteiger partial charge is 0.131 e. The van der Waals surface area contributed by atoms with E-state index in [0.29, 0.717) is 0 Å². The van der Waals surface area contributed by atoms with Crippen molar-refractivity contribution in [3.8, 4) is 0 Å². The summed E-state index contributed by atoms with van der Waals surface area (Å²) in [5.41, 5.74) is 6.66. The number of hydrogen-bond donors (Lipinski definition) is 0. The summed E-state index contributed by atoms with van der Waals surface area (Å²) in [6.45, 7) is 9.53. The molecule has 2 aromatic rings. The molecule has 1 aromatic heterocycles. The van der Waals surface area contributed by atoms with Crippen LogP contribution in [0.15, 0.2) is 28.9 Å². The van der Waals surface area contributed by atoms with Crippen molar-refractivity contribution in [1.29, 1.82) is 0 Å². The normalized spacial score (nSPS) is 10.7. The van der Waals surface area contributed by atoms with E-state index in [1.807, 2.05) is 6.20 Å². The number of anilines is 1. The van der Waals surface area contributed by atoms with Crippen LogP contribution < -0.4 is 4.90 Å². The van der Waals surface area contributed by atoms with Crippen molar-refractivity contribution < 1.29 is 0 Å². The molecule has 0 N–H and O–H groups in total. The average Bonchev–Trinajstić information content (AvgIpc) is 2.39. The van der Waals surface area contributed by atoms with Crippen LogP contribution in [-0.2, 0) is 6.54 Å². The Balaban J connectivity index is 2.28. The molecule has 0 saturated heterocycles. The molecule has 0 aliphatic rings. The van der Waals surface area contributed by atoms with E-state index in [9.17, 15) is 0 Å². The predicted octanol–water partition coefficient (Wildman–Crippen LogP) is 4.71. The average molecular weight is 333 g/mol. The van der Waals surface area contributed by atoms with Crippen LogP contribution in [0.5, 0.6) is 0 Å². The Morgan fingerprint density at radius 2 is 1.75 bits per heavy atom. The first-order valence-corrected chi connectivity index (χ1v) is 7.58. The van der Waals surface area contributed by atoms with Gasteiger partial charge in [-0.15, -0.1) is 0 Å². The molecule has 2 nitrogen and oxygen atoms in total. The van der Waals surface area contributed by atoms with Gasteiger partial charge in [0.15, 0.2) is 0 Å². The second-order valence-electron chi connectivity index (χ2n) is 5.44. The van der Waals surface area contributed by atoms with Crippen LogP contribution >= 0.6 is 15.9 Å². The highest BCUT2D eigenvalue weighted by molar-refractivity contribution is 9.10. The van der Waals surface area contributed by atoms with Crippen LogP contribution in [-0.4, -0.2) is 12.0 Å². The van der Waals surface area contributed by atoms with E-state index < -0.39 is 0 Å². The fourth-order valence-electron chi connectivity index (χ4n) is 2.45. The van der Waals surface area contributed by atoms with Gasteiger partial charge in [0.05, 0.1) is 0 Å². The summed E-state index contributed by atoms with van der Waals surface area (Å²) in [4.78, 5) is 6.73. The van der Waals surface area contributed by atoms with Crippen LogP contribution in [0.2, 0.25) is 0 Å². The van der Waals surface area contributed by atoms with Gasteiger partial charge in [-0.2, -0.15) is 0 Å². The summed E-state index contributed by atoms with van der Waals surface area (Å²) in [6, 6.07) is 6.53. The monoisotopic (exact) mass is 332 g/mol.